The second-order valence-corrected chi connectivity index (χ2v) is 3.81. The van der Waals surface area contributed by atoms with Crippen molar-refractivity contribution in [1.29, 1.82) is 0 Å². The molecule has 4 N–H and O–H groups in total. The number of hydrogen-bond acceptors (Lipinski definition) is 2. The molecule has 0 saturated heterocycles. The van der Waals surface area contributed by atoms with Crippen LogP contribution < -0.4 is 16.6 Å². The highest BCUT2D eigenvalue weighted by Gasteiger charge is 2.12. The third-order valence-corrected chi connectivity index (χ3v) is 2.43. The van der Waals surface area contributed by atoms with Crippen molar-refractivity contribution in [2.45, 2.75) is 32.1 Å². The molecule has 0 spiro atoms. The quantitative estimate of drug-likeness (QED) is 0.454. The lowest BCUT2D eigenvalue weighted by Crippen LogP contribution is -2.43. The topological polar surface area (TPSA) is 50.1 Å². The molecule has 0 heterocycles. The summed E-state index contributed by atoms with van der Waals surface area (Å²) < 4.78 is 0. The summed E-state index contributed by atoms with van der Waals surface area (Å²) in [5.41, 5.74) is 11.1. The largest absolute Gasteiger partial charge is 0.375 e. The molecular formula is C8H17N3S. The Morgan fingerprint density at radius 1 is 1.33 bits per heavy atom. The van der Waals surface area contributed by atoms with Gasteiger partial charge in [-0.05, 0) is 31.0 Å². The third-order valence-electron chi connectivity index (χ3n) is 2.33. The van der Waals surface area contributed by atoms with E-state index in [9.17, 15) is 0 Å². The van der Waals surface area contributed by atoms with E-state index in [1.54, 1.807) is 0 Å². The molecule has 3 nitrogen and oxygen atoms in total. The Labute approximate surface area is 79.1 Å². The second kappa shape index (κ2) is 5.32. The maximum Gasteiger partial charge on any atom is 0.178 e. The van der Waals surface area contributed by atoms with Crippen LogP contribution in [0.25, 0.3) is 0 Å². The maximum atomic E-state index is 5.27. The fourth-order valence-corrected chi connectivity index (χ4v) is 1.75. The minimum absolute atomic E-state index is 0.325. The Morgan fingerprint density at radius 2 is 2.00 bits per heavy atom. The Hall–Kier alpha value is -0.350. The summed E-state index contributed by atoms with van der Waals surface area (Å²) in [5, 5.41) is 0.325. The molecule has 0 aliphatic heterocycles. The second-order valence-electron chi connectivity index (χ2n) is 3.37. The number of nitrogens with one attached hydrogen (secondary N) is 2. The fourth-order valence-electron chi connectivity index (χ4n) is 1.67. The van der Waals surface area contributed by atoms with Gasteiger partial charge in [-0.1, -0.05) is 19.3 Å². The molecule has 0 bridgehead atoms. The van der Waals surface area contributed by atoms with Crippen molar-refractivity contribution >= 4 is 17.3 Å². The maximum absolute atomic E-state index is 5.27. The molecule has 0 unspecified atom stereocenters. The summed E-state index contributed by atoms with van der Waals surface area (Å²) in [7, 11) is 0. The summed E-state index contributed by atoms with van der Waals surface area (Å²) in [4.78, 5) is 0. The highest BCUT2D eigenvalue weighted by atomic mass is 32.1. The summed E-state index contributed by atoms with van der Waals surface area (Å²) in [6.07, 6.45) is 6.83. The van der Waals surface area contributed by atoms with Crippen molar-refractivity contribution in [3.05, 3.63) is 0 Å². The van der Waals surface area contributed by atoms with E-state index in [0.717, 1.165) is 12.5 Å². The molecule has 12 heavy (non-hydrogen) atoms. The standard InChI is InChI=1S/C8H17N3S/c9-8(12)11-10-6-7-4-2-1-3-5-7/h7,10H,1-6H2,(H3,9,11,12). The van der Waals surface area contributed by atoms with E-state index in [4.69, 9.17) is 5.73 Å². The summed E-state index contributed by atoms with van der Waals surface area (Å²) in [6, 6.07) is 0. The fraction of sp³-hybridized carbons (Fsp3) is 0.875. The molecule has 1 aliphatic rings. The zero-order chi connectivity index (χ0) is 8.81. The molecule has 70 valence electrons. The van der Waals surface area contributed by atoms with Crippen LogP contribution in [0.5, 0.6) is 0 Å². The smallest absolute Gasteiger partial charge is 0.178 e. The van der Waals surface area contributed by atoms with Crippen molar-refractivity contribution in [3.8, 4) is 0 Å². The van der Waals surface area contributed by atoms with Gasteiger partial charge in [0, 0.05) is 6.54 Å². The van der Waals surface area contributed by atoms with Crippen molar-refractivity contribution < 1.29 is 0 Å². The van der Waals surface area contributed by atoms with E-state index >= 15 is 0 Å². The minimum atomic E-state index is 0.325. The Morgan fingerprint density at radius 3 is 2.58 bits per heavy atom. The van der Waals surface area contributed by atoms with Gasteiger partial charge >= 0.3 is 0 Å². The molecule has 0 atom stereocenters. The van der Waals surface area contributed by atoms with Crippen molar-refractivity contribution in [2.75, 3.05) is 6.54 Å². The summed E-state index contributed by atoms with van der Waals surface area (Å²) >= 11 is 4.67. The molecule has 4 heteroatoms. The highest BCUT2D eigenvalue weighted by Crippen LogP contribution is 2.22. The first kappa shape index (κ1) is 9.74. The zero-order valence-electron chi connectivity index (χ0n) is 7.31. The van der Waals surface area contributed by atoms with Gasteiger partial charge in [-0.25, -0.2) is 5.43 Å². The molecule has 1 fully saturated rings. The molecule has 0 radical (unpaired) electrons. The lowest BCUT2D eigenvalue weighted by atomic mass is 9.89. The van der Waals surface area contributed by atoms with Gasteiger partial charge in [0.1, 0.15) is 0 Å². The van der Waals surface area contributed by atoms with E-state index in [0.29, 0.717) is 5.11 Å². The normalized spacial score (nSPS) is 19.0. The lowest BCUT2D eigenvalue weighted by molar-refractivity contribution is 0.337. The van der Waals surface area contributed by atoms with Crippen LogP contribution in [0.1, 0.15) is 32.1 Å². The van der Waals surface area contributed by atoms with Gasteiger partial charge in [0.15, 0.2) is 5.11 Å². The van der Waals surface area contributed by atoms with Crippen LogP contribution in [0.15, 0.2) is 0 Å². The van der Waals surface area contributed by atoms with Crippen LogP contribution in [-0.2, 0) is 0 Å². The minimum Gasteiger partial charge on any atom is -0.375 e. The van der Waals surface area contributed by atoms with E-state index < -0.39 is 0 Å². The molecular weight excluding hydrogens is 170 g/mol. The Balaban J connectivity index is 2.01. The first-order chi connectivity index (χ1) is 5.79. The van der Waals surface area contributed by atoms with Crippen molar-refractivity contribution in [1.82, 2.24) is 10.9 Å². The predicted octanol–water partition coefficient (Wildman–Crippen LogP) is 0.904. The number of thiocarbonyl (C=S) groups is 1. The van der Waals surface area contributed by atoms with Gasteiger partial charge in [-0.2, -0.15) is 0 Å². The zero-order valence-corrected chi connectivity index (χ0v) is 8.12. The van der Waals surface area contributed by atoms with Gasteiger partial charge in [0.25, 0.3) is 0 Å². The first-order valence-electron chi connectivity index (χ1n) is 4.57. The average Bonchev–Trinajstić information content (AvgIpc) is 2.05. The van der Waals surface area contributed by atoms with E-state index in [1.807, 2.05) is 0 Å². The van der Waals surface area contributed by atoms with Gasteiger partial charge in [0.2, 0.25) is 0 Å². The SMILES string of the molecule is NC(=S)NNCC1CCCCC1. The summed E-state index contributed by atoms with van der Waals surface area (Å²) in [6.45, 7) is 0.983. The predicted molar refractivity (Wildman–Crippen MR) is 54.5 cm³/mol. The van der Waals surface area contributed by atoms with Gasteiger partial charge in [-0.15, -0.1) is 0 Å². The number of rotatable bonds is 3. The molecule has 0 amide bonds. The van der Waals surface area contributed by atoms with Crippen LogP contribution in [-0.4, -0.2) is 11.7 Å². The van der Waals surface area contributed by atoms with Crippen molar-refractivity contribution in [2.24, 2.45) is 11.7 Å². The molecule has 1 saturated carbocycles. The van der Waals surface area contributed by atoms with Crippen LogP contribution in [0.2, 0.25) is 0 Å². The molecule has 1 rings (SSSR count). The highest BCUT2D eigenvalue weighted by molar-refractivity contribution is 7.80. The average molecular weight is 187 g/mol. The number of hydrogen-bond donors (Lipinski definition) is 3. The Bertz CT molecular complexity index is 143. The first-order valence-corrected chi connectivity index (χ1v) is 4.98. The summed E-state index contributed by atoms with van der Waals surface area (Å²) in [5.74, 6) is 0.806. The molecule has 0 aromatic heterocycles. The van der Waals surface area contributed by atoms with Gasteiger partial charge < -0.3 is 5.73 Å². The monoisotopic (exact) mass is 187 g/mol. The van der Waals surface area contributed by atoms with Crippen LogP contribution in [0, 0.1) is 5.92 Å². The van der Waals surface area contributed by atoms with E-state index in [1.165, 1.54) is 32.1 Å². The molecule has 0 aromatic carbocycles. The van der Waals surface area contributed by atoms with E-state index in [2.05, 4.69) is 23.1 Å². The van der Waals surface area contributed by atoms with Crippen LogP contribution in [0.3, 0.4) is 0 Å². The molecule has 0 aromatic rings. The third kappa shape index (κ3) is 3.88. The van der Waals surface area contributed by atoms with Gasteiger partial charge in [-0.3, -0.25) is 5.43 Å². The lowest BCUT2D eigenvalue weighted by Gasteiger charge is -2.21. The van der Waals surface area contributed by atoms with Crippen LogP contribution >= 0.6 is 12.2 Å². The molecule has 1 aliphatic carbocycles. The van der Waals surface area contributed by atoms with Crippen LogP contribution in [0.4, 0.5) is 0 Å². The van der Waals surface area contributed by atoms with Gasteiger partial charge in [0.05, 0.1) is 0 Å². The number of hydrazine groups is 1. The van der Waals surface area contributed by atoms with E-state index in [-0.39, 0.29) is 0 Å². The Kier molecular flexibility index (Phi) is 4.32. The van der Waals surface area contributed by atoms with Crippen molar-refractivity contribution in [3.63, 3.8) is 0 Å². The number of nitrogens with two attached hydrogens (primary N) is 1.